The number of likely N-dealkylation sites (tertiary alicyclic amines) is 1. The first-order chi connectivity index (χ1) is 14.2. The Morgan fingerprint density at radius 2 is 1.83 bits per heavy atom. The maximum absolute atomic E-state index is 12.6. The second kappa shape index (κ2) is 8.00. The molecule has 1 saturated carbocycles. The first kappa shape index (κ1) is 18.4. The average molecular weight is 407 g/mol. The van der Waals surface area contributed by atoms with E-state index in [0.717, 1.165) is 18.2 Å². The van der Waals surface area contributed by atoms with Crippen LogP contribution in [-0.2, 0) is 6.54 Å². The third-order valence-corrected chi connectivity index (χ3v) is 6.34. The monoisotopic (exact) mass is 406 g/mol. The fourth-order valence-corrected chi connectivity index (χ4v) is 4.44. The number of hydrogen-bond donors (Lipinski definition) is 1. The molecule has 5 rings (SSSR count). The fourth-order valence-electron chi connectivity index (χ4n) is 3.25. The van der Waals surface area contributed by atoms with Crippen LogP contribution in [0.1, 0.15) is 29.1 Å². The SMILES string of the molecule is O=C(c1nnc(-c2ccccc2)o1)N1CC(Sc2ccc(CNC3CC3)cc2)C1. The maximum Gasteiger partial charge on any atom is 0.311 e. The van der Waals surface area contributed by atoms with Crippen LogP contribution in [0.5, 0.6) is 0 Å². The molecule has 0 unspecified atom stereocenters. The molecule has 0 spiro atoms. The van der Waals surface area contributed by atoms with Crippen molar-refractivity contribution in [1.82, 2.24) is 20.4 Å². The molecule has 1 N–H and O–H groups in total. The molecule has 3 aromatic rings. The highest BCUT2D eigenvalue weighted by molar-refractivity contribution is 8.00. The lowest BCUT2D eigenvalue weighted by atomic mass is 10.2. The molecule has 0 atom stereocenters. The van der Waals surface area contributed by atoms with Crippen molar-refractivity contribution in [2.45, 2.75) is 35.6 Å². The molecule has 1 saturated heterocycles. The van der Waals surface area contributed by atoms with Crippen LogP contribution in [-0.4, -0.2) is 45.4 Å². The number of hydrogen-bond acceptors (Lipinski definition) is 6. The first-order valence-electron chi connectivity index (χ1n) is 9.92. The zero-order chi connectivity index (χ0) is 19.6. The lowest BCUT2D eigenvalue weighted by molar-refractivity contribution is 0.0623. The predicted molar refractivity (Wildman–Crippen MR) is 112 cm³/mol. The highest BCUT2D eigenvalue weighted by atomic mass is 32.2. The predicted octanol–water partition coefficient (Wildman–Crippen LogP) is 3.61. The van der Waals surface area contributed by atoms with Crippen LogP contribution in [0.25, 0.3) is 11.5 Å². The van der Waals surface area contributed by atoms with Gasteiger partial charge in [0.2, 0.25) is 5.89 Å². The van der Waals surface area contributed by atoms with Crippen molar-refractivity contribution in [3.05, 3.63) is 66.1 Å². The minimum absolute atomic E-state index is 0.0554. The average Bonchev–Trinajstić information content (AvgIpc) is 3.43. The van der Waals surface area contributed by atoms with Crippen molar-refractivity contribution in [1.29, 1.82) is 0 Å². The summed E-state index contributed by atoms with van der Waals surface area (Å²) in [6.45, 7) is 2.32. The molecule has 6 nitrogen and oxygen atoms in total. The summed E-state index contributed by atoms with van der Waals surface area (Å²) in [7, 11) is 0. The Morgan fingerprint density at radius 3 is 2.55 bits per heavy atom. The summed E-state index contributed by atoms with van der Waals surface area (Å²) in [5.74, 6) is 0.231. The number of aromatic nitrogens is 2. The summed E-state index contributed by atoms with van der Waals surface area (Å²) in [5, 5.41) is 11.9. The largest absolute Gasteiger partial charge is 0.412 e. The van der Waals surface area contributed by atoms with Crippen molar-refractivity contribution in [2.75, 3.05) is 13.1 Å². The number of carbonyl (C=O) groups excluding carboxylic acids is 1. The summed E-state index contributed by atoms with van der Waals surface area (Å²) in [4.78, 5) is 15.6. The van der Waals surface area contributed by atoms with Crippen LogP contribution < -0.4 is 5.32 Å². The van der Waals surface area contributed by atoms with E-state index in [1.165, 1.54) is 23.3 Å². The number of thioether (sulfide) groups is 1. The van der Waals surface area contributed by atoms with E-state index in [2.05, 4.69) is 39.8 Å². The van der Waals surface area contributed by atoms with Gasteiger partial charge in [0.05, 0.1) is 0 Å². The highest BCUT2D eigenvalue weighted by Gasteiger charge is 2.34. The molecule has 2 heterocycles. The molecule has 29 heavy (non-hydrogen) atoms. The third kappa shape index (κ3) is 4.36. The Balaban J connectivity index is 1.12. The van der Waals surface area contributed by atoms with Crippen molar-refractivity contribution >= 4 is 17.7 Å². The van der Waals surface area contributed by atoms with Crippen molar-refractivity contribution in [3.8, 4) is 11.5 Å². The number of amides is 1. The van der Waals surface area contributed by atoms with Crippen LogP contribution in [0, 0.1) is 0 Å². The molecule has 0 bridgehead atoms. The summed E-state index contributed by atoms with van der Waals surface area (Å²) in [6.07, 6.45) is 2.62. The molecular weight excluding hydrogens is 384 g/mol. The van der Waals surface area contributed by atoms with Gasteiger partial charge in [-0.2, -0.15) is 0 Å². The summed E-state index contributed by atoms with van der Waals surface area (Å²) in [6, 6.07) is 18.9. The molecule has 0 radical (unpaired) electrons. The molecule has 1 aliphatic heterocycles. The van der Waals surface area contributed by atoms with E-state index in [9.17, 15) is 4.79 Å². The van der Waals surface area contributed by atoms with E-state index in [4.69, 9.17) is 4.42 Å². The summed E-state index contributed by atoms with van der Waals surface area (Å²) in [5.41, 5.74) is 2.13. The Bertz CT molecular complexity index is 980. The lowest BCUT2D eigenvalue weighted by Gasteiger charge is -2.37. The third-order valence-electron chi connectivity index (χ3n) is 5.16. The van der Waals surface area contributed by atoms with E-state index >= 15 is 0 Å². The fraction of sp³-hybridized carbons (Fsp3) is 0.318. The van der Waals surface area contributed by atoms with E-state index in [1.807, 2.05) is 42.1 Å². The maximum atomic E-state index is 12.6. The van der Waals surface area contributed by atoms with Crippen LogP contribution in [0.15, 0.2) is 63.9 Å². The molecule has 1 aliphatic carbocycles. The van der Waals surface area contributed by atoms with Gasteiger partial charge in [0.15, 0.2) is 0 Å². The van der Waals surface area contributed by atoms with Crippen LogP contribution in [0.2, 0.25) is 0 Å². The zero-order valence-corrected chi connectivity index (χ0v) is 16.8. The first-order valence-corrected chi connectivity index (χ1v) is 10.8. The summed E-state index contributed by atoms with van der Waals surface area (Å²) >= 11 is 1.81. The second-order valence-corrected chi connectivity index (χ2v) is 8.90. The number of rotatable bonds is 7. The normalized spacial score (nSPS) is 16.6. The molecule has 7 heteroatoms. The van der Waals surface area contributed by atoms with Crippen molar-refractivity contribution in [2.24, 2.45) is 0 Å². The number of carbonyl (C=O) groups is 1. The number of nitrogens with zero attached hydrogens (tertiary/aromatic N) is 3. The van der Waals surface area contributed by atoms with Gasteiger partial charge in [-0.05, 0) is 42.7 Å². The van der Waals surface area contributed by atoms with E-state index < -0.39 is 0 Å². The Labute approximate surface area is 173 Å². The molecule has 2 aromatic carbocycles. The van der Waals surface area contributed by atoms with E-state index in [1.54, 1.807) is 4.90 Å². The Hall–Kier alpha value is -2.64. The van der Waals surface area contributed by atoms with Gasteiger partial charge in [-0.15, -0.1) is 22.0 Å². The van der Waals surface area contributed by atoms with Gasteiger partial charge in [0.1, 0.15) is 0 Å². The number of benzene rings is 2. The zero-order valence-electron chi connectivity index (χ0n) is 16.0. The Morgan fingerprint density at radius 1 is 1.07 bits per heavy atom. The van der Waals surface area contributed by atoms with Gasteiger partial charge in [-0.1, -0.05) is 30.3 Å². The molecule has 148 valence electrons. The van der Waals surface area contributed by atoms with Gasteiger partial charge >= 0.3 is 11.8 Å². The molecule has 2 fully saturated rings. The minimum Gasteiger partial charge on any atom is -0.412 e. The van der Waals surface area contributed by atoms with E-state index in [-0.39, 0.29) is 11.8 Å². The molecule has 1 amide bonds. The second-order valence-electron chi connectivity index (χ2n) is 7.53. The quantitative estimate of drug-likeness (QED) is 0.646. The summed E-state index contributed by atoms with van der Waals surface area (Å²) < 4.78 is 5.57. The van der Waals surface area contributed by atoms with Gasteiger partial charge < -0.3 is 14.6 Å². The molecular formula is C22H22N4O2S. The molecule has 1 aromatic heterocycles. The van der Waals surface area contributed by atoms with Gasteiger partial charge in [0, 0.05) is 41.4 Å². The smallest absolute Gasteiger partial charge is 0.311 e. The molecule has 2 aliphatic rings. The number of nitrogens with one attached hydrogen (secondary N) is 1. The van der Waals surface area contributed by atoms with Crippen LogP contribution >= 0.6 is 11.8 Å². The lowest BCUT2D eigenvalue weighted by Crippen LogP contribution is -2.52. The van der Waals surface area contributed by atoms with Gasteiger partial charge in [0.25, 0.3) is 0 Å². The van der Waals surface area contributed by atoms with Crippen molar-refractivity contribution in [3.63, 3.8) is 0 Å². The van der Waals surface area contributed by atoms with Crippen molar-refractivity contribution < 1.29 is 9.21 Å². The standard InChI is InChI=1S/C22H22N4O2S/c27-22(21-25-24-20(28-21)16-4-2-1-3-5-16)26-13-19(14-26)29-18-10-6-15(7-11-18)12-23-17-8-9-17/h1-7,10-11,17,19,23H,8-9,12-14H2. The van der Waals surface area contributed by atoms with Crippen LogP contribution in [0.3, 0.4) is 0 Å². The topological polar surface area (TPSA) is 71.3 Å². The van der Waals surface area contributed by atoms with E-state index in [0.29, 0.717) is 24.2 Å². The van der Waals surface area contributed by atoms with Gasteiger partial charge in [-0.25, -0.2) is 0 Å². The van der Waals surface area contributed by atoms with Gasteiger partial charge in [-0.3, -0.25) is 4.79 Å². The Kier molecular flexibility index (Phi) is 5.08. The minimum atomic E-state index is -0.196. The van der Waals surface area contributed by atoms with Crippen LogP contribution in [0.4, 0.5) is 0 Å². The highest BCUT2D eigenvalue weighted by Crippen LogP contribution is 2.31.